The lowest BCUT2D eigenvalue weighted by Crippen LogP contribution is -2.30. The number of aryl methyl sites for hydroxylation is 2. The van der Waals surface area contributed by atoms with Crippen molar-refractivity contribution in [2.45, 2.75) is 26.2 Å². The van der Waals surface area contributed by atoms with Gasteiger partial charge in [-0.15, -0.1) is 0 Å². The topological polar surface area (TPSA) is 66.0 Å². The van der Waals surface area contributed by atoms with Crippen LogP contribution in [0.2, 0.25) is 0 Å². The van der Waals surface area contributed by atoms with Crippen molar-refractivity contribution < 1.29 is 4.79 Å². The molecule has 2 amide bonds. The van der Waals surface area contributed by atoms with E-state index >= 15 is 0 Å². The zero-order valence-electron chi connectivity index (χ0n) is 13.4. The van der Waals surface area contributed by atoms with E-state index in [4.69, 9.17) is 0 Å². The standard InChI is InChI=1S/C18H22N4O/c1-13-4-7-15(8-5-13)22-18(23)20-12-10-16-9-6-14-3-2-11-19-17(14)21-16/h4-9H,2-3,10-12H2,1H3,(H,19,21)(H2,20,22,23). The number of benzene rings is 1. The average molecular weight is 310 g/mol. The highest BCUT2D eigenvalue weighted by molar-refractivity contribution is 5.89. The SMILES string of the molecule is Cc1ccc(NC(=O)NCCc2ccc3c(n2)NCCC3)cc1. The maximum absolute atomic E-state index is 11.9. The van der Waals surface area contributed by atoms with E-state index in [0.717, 1.165) is 43.0 Å². The number of urea groups is 1. The highest BCUT2D eigenvalue weighted by atomic mass is 16.2. The van der Waals surface area contributed by atoms with Crippen LogP contribution < -0.4 is 16.0 Å². The summed E-state index contributed by atoms with van der Waals surface area (Å²) in [4.78, 5) is 16.5. The molecule has 5 heteroatoms. The molecule has 0 bridgehead atoms. The molecular formula is C18H22N4O. The molecule has 0 radical (unpaired) electrons. The van der Waals surface area contributed by atoms with Gasteiger partial charge in [0.1, 0.15) is 5.82 Å². The first-order valence-electron chi connectivity index (χ1n) is 8.05. The molecule has 0 spiro atoms. The summed E-state index contributed by atoms with van der Waals surface area (Å²) in [6.45, 7) is 3.56. The Kier molecular flexibility index (Phi) is 4.76. The summed E-state index contributed by atoms with van der Waals surface area (Å²) in [5.41, 5.74) is 4.24. The van der Waals surface area contributed by atoms with Crippen LogP contribution in [0.1, 0.15) is 23.2 Å². The van der Waals surface area contributed by atoms with Gasteiger partial charge in [-0.25, -0.2) is 9.78 Å². The van der Waals surface area contributed by atoms with Gasteiger partial charge in [0, 0.05) is 30.9 Å². The van der Waals surface area contributed by atoms with Gasteiger partial charge in [0.15, 0.2) is 0 Å². The lowest BCUT2D eigenvalue weighted by atomic mass is 10.1. The second-order valence-corrected chi connectivity index (χ2v) is 5.84. The highest BCUT2D eigenvalue weighted by Crippen LogP contribution is 2.19. The molecule has 2 aromatic rings. The highest BCUT2D eigenvalue weighted by Gasteiger charge is 2.10. The van der Waals surface area contributed by atoms with Crippen LogP contribution in [0.4, 0.5) is 16.3 Å². The van der Waals surface area contributed by atoms with Gasteiger partial charge >= 0.3 is 6.03 Å². The third-order valence-corrected chi connectivity index (χ3v) is 3.93. The van der Waals surface area contributed by atoms with Crippen molar-refractivity contribution in [3.05, 3.63) is 53.2 Å². The van der Waals surface area contributed by atoms with Crippen LogP contribution in [-0.4, -0.2) is 24.1 Å². The minimum atomic E-state index is -0.190. The molecule has 2 heterocycles. The Bertz CT molecular complexity index is 682. The van der Waals surface area contributed by atoms with Gasteiger partial charge in [0.25, 0.3) is 0 Å². The molecule has 0 saturated heterocycles. The van der Waals surface area contributed by atoms with Crippen LogP contribution in [0.25, 0.3) is 0 Å². The summed E-state index contributed by atoms with van der Waals surface area (Å²) in [5.74, 6) is 0.998. The maximum Gasteiger partial charge on any atom is 0.319 e. The summed E-state index contributed by atoms with van der Waals surface area (Å²) in [6, 6.07) is 11.7. The minimum absolute atomic E-state index is 0.190. The van der Waals surface area contributed by atoms with Gasteiger partial charge in [-0.3, -0.25) is 0 Å². The number of carbonyl (C=O) groups is 1. The van der Waals surface area contributed by atoms with Crippen LogP contribution in [0.5, 0.6) is 0 Å². The third kappa shape index (κ3) is 4.22. The fraction of sp³-hybridized carbons (Fsp3) is 0.333. The van der Waals surface area contributed by atoms with Gasteiger partial charge in [-0.05, 0) is 43.5 Å². The smallest absolute Gasteiger partial charge is 0.319 e. The van der Waals surface area contributed by atoms with E-state index in [-0.39, 0.29) is 6.03 Å². The number of hydrogen-bond donors (Lipinski definition) is 3. The fourth-order valence-electron chi connectivity index (χ4n) is 2.62. The van der Waals surface area contributed by atoms with Gasteiger partial charge in [0.05, 0.1) is 0 Å². The van der Waals surface area contributed by atoms with Gasteiger partial charge in [0.2, 0.25) is 0 Å². The number of aromatic nitrogens is 1. The number of fused-ring (bicyclic) bond motifs is 1. The molecule has 0 atom stereocenters. The fourth-order valence-corrected chi connectivity index (χ4v) is 2.62. The Morgan fingerprint density at radius 1 is 1.22 bits per heavy atom. The number of rotatable bonds is 4. The molecule has 0 saturated carbocycles. The summed E-state index contributed by atoms with van der Waals surface area (Å²) >= 11 is 0. The Balaban J connectivity index is 1.47. The van der Waals surface area contributed by atoms with Crippen molar-refractivity contribution in [1.82, 2.24) is 10.3 Å². The van der Waals surface area contributed by atoms with Crippen LogP contribution in [0.15, 0.2) is 36.4 Å². The molecule has 23 heavy (non-hydrogen) atoms. The van der Waals surface area contributed by atoms with Gasteiger partial charge < -0.3 is 16.0 Å². The van der Waals surface area contributed by atoms with Crippen molar-refractivity contribution in [3.8, 4) is 0 Å². The summed E-state index contributed by atoms with van der Waals surface area (Å²) in [7, 11) is 0. The quantitative estimate of drug-likeness (QED) is 0.813. The second kappa shape index (κ2) is 7.13. The van der Waals surface area contributed by atoms with E-state index < -0.39 is 0 Å². The zero-order valence-corrected chi connectivity index (χ0v) is 13.4. The Hall–Kier alpha value is -2.56. The minimum Gasteiger partial charge on any atom is -0.370 e. The summed E-state index contributed by atoms with van der Waals surface area (Å²) < 4.78 is 0. The first kappa shape index (κ1) is 15.3. The van der Waals surface area contributed by atoms with Crippen molar-refractivity contribution in [2.24, 2.45) is 0 Å². The zero-order chi connectivity index (χ0) is 16.1. The van der Waals surface area contributed by atoms with Crippen molar-refractivity contribution in [1.29, 1.82) is 0 Å². The molecule has 1 aliphatic rings. The van der Waals surface area contributed by atoms with E-state index in [9.17, 15) is 4.79 Å². The Morgan fingerprint density at radius 2 is 2.04 bits per heavy atom. The number of nitrogens with one attached hydrogen (secondary N) is 3. The van der Waals surface area contributed by atoms with Gasteiger partial charge in [-0.2, -0.15) is 0 Å². The van der Waals surface area contributed by atoms with Gasteiger partial charge in [-0.1, -0.05) is 23.8 Å². The van der Waals surface area contributed by atoms with Crippen LogP contribution >= 0.6 is 0 Å². The largest absolute Gasteiger partial charge is 0.370 e. The molecule has 1 aromatic heterocycles. The van der Waals surface area contributed by atoms with E-state index in [1.807, 2.05) is 37.3 Å². The average Bonchev–Trinajstić information content (AvgIpc) is 2.57. The molecule has 5 nitrogen and oxygen atoms in total. The number of amides is 2. The molecule has 3 N–H and O–H groups in total. The first-order chi connectivity index (χ1) is 11.2. The lowest BCUT2D eigenvalue weighted by molar-refractivity contribution is 0.252. The molecule has 1 aliphatic heterocycles. The molecule has 0 fully saturated rings. The molecular weight excluding hydrogens is 288 g/mol. The van der Waals surface area contributed by atoms with Crippen molar-refractivity contribution in [3.63, 3.8) is 0 Å². The number of anilines is 2. The molecule has 0 aliphatic carbocycles. The molecule has 0 unspecified atom stereocenters. The van der Waals surface area contributed by atoms with E-state index in [0.29, 0.717) is 6.54 Å². The first-order valence-corrected chi connectivity index (χ1v) is 8.05. The predicted molar refractivity (Wildman–Crippen MR) is 93.0 cm³/mol. The van der Waals surface area contributed by atoms with Crippen LogP contribution in [-0.2, 0) is 12.8 Å². The van der Waals surface area contributed by atoms with E-state index in [1.54, 1.807) is 0 Å². The van der Waals surface area contributed by atoms with Crippen LogP contribution in [0.3, 0.4) is 0 Å². The summed E-state index contributed by atoms with van der Waals surface area (Å²) in [5, 5.41) is 9.01. The second-order valence-electron chi connectivity index (χ2n) is 5.84. The number of hydrogen-bond acceptors (Lipinski definition) is 3. The predicted octanol–water partition coefficient (Wildman–Crippen LogP) is 3.11. The lowest BCUT2D eigenvalue weighted by Gasteiger charge is -2.17. The van der Waals surface area contributed by atoms with Crippen molar-refractivity contribution in [2.75, 3.05) is 23.7 Å². The maximum atomic E-state index is 11.9. The van der Waals surface area contributed by atoms with Crippen LogP contribution in [0, 0.1) is 6.92 Å². The molecule has 120 valence electrons. The molecule has 3 rings (SSSR count). The number of pyridine rings is 1. The third-order valence-electron chi connectivity index (χ3n) is 3.93. The number of carbonyl (C=O) groups excluding carboxylic acids is 1. The normalized spacial score (nSPS) is 12.9. The monoisotopic (exact) mass is 310 g/mol. The van der Waals surface area contributed by atoms with Crippen molar-refractivity contribution >= 4 is 17.5 Å². The summed E-state index contributed by atoms with van der Waals surface area (Å²) in [6.07, 6.45) is 2.97. The Labute approximate surface area is 136 Å². The Morgan fingerprint density at radius 3 is 2.87 bits per heavy atom. The van der Waals surface area contributed by atoms with E-state index in [2.05, 4.69) is 27.0 Å². The number of nitrogens with zero attached hydrogens (tertiary/aromatic N) is 1. The molecule has 1 aromatic carbocycles. The van der Waals surface area contributed by atoms with E-state index in [1.165, 1.54) is 11.1 Å².